The van der Waals surface area contributed by atoms with Crippen LogP contribution in [0, 0.1) is 0 Å². The summed E-state index contributed by atoms with van der Waals surface area (Å²) in [6.07, 6.45) is 5.84. The highest BCUT2D eigenvalue weighted by atomic mass is 35.5. The van der Waals surface area contributed by atoms with Gasteiger partial charge < -0.3 is 0 Å². The van der Waals surface area contributed by atoms with Crippen LogP contribution < -0.4 is 0 Å². The molecule has 1 fully saturated rings. The Morgan fingerprint density at radius 3 is 2.80 bits per heavy atom. The van der Waals surface area contributed by atoms with Gasteiger partial charge in [0.15, 0.2) is 5.65 Å². The number of aromatic nitrogens is 8. The Bertz CT molecular complexity index is 1280. The van der Waals surface area contributed by atoms with E-state index >= 15 is 0 Å². The number of hydrogen-bond acceptors (Lipinski definition) is 5. The zero-order valence-corrected chi connectivity index (χ0v) is 13.7. The largest absolute Gasteiger partial charge is 0.268 e. The number of nitrogens with zero attached hydrogens (tertiary/aromatic N) is 8. The van der Waals surface area contributed by atoms with Crippen molar-refractivity contribution in [3.8, 4) is 5.95 Å². The maximum absolute atomic E-state index is 6.35. The van der Waals surface area contributed by atoms with Gasteiger partial charge in [0.25, 0.3) is 5.95 Å². The van der Waals surface area contributed by atoms with Gasteiger partial charge in [0.1, 0.15) is 5.65 Å². The van der Waals surface area contributed by atoms with Crippen molar-refractivity contribution in [1.82, 2.24) is 39.0 Å². The van der Waals surface area contributed by atoms with E-state index in [0.717, 1.165) is 40.7 Å². The summed E-state index contributed by atoms with van der Waals surface area (Å²) < 4.78 is 5.60. The Labute approximate surface area is 145 Å². The summed E-state index contributed by atoms with van der Waals surface area (Å²) in [7, 11) is 0. The highest BCUT2D eigenvalue weighted by molar-refractivity contribution is 6.29. The van der Waals surface area contributed by atoms with Gasteiger partial charge in [-0.25, -0.2) is 9.38 Å². The highest BCUT2D eigenvalue weighted by Crippen LogP contribution is 2.40. The van der Waals surface area contributed by atoms with E-state index in [9.17, 15) is 0 Å². The standard InChI is InChI=1S/C16H11ClN8/c17-15-18-8-13-23(15)11-4-2-1-3-10(11)14-20-21-16(24(13)14)25-12(7-19-22-25)9-5-6-9/h1-4,7-9H,5-6H2. The SMILES string of the molecule is Clc1ncc2n1c1ccccc1c1nnc(-n3nncc3C3CC3)n12. The molecule has 1 saturated carbocycles. The summed E-state index contributed by atoms with van der Waals surface area (Å²) in [6, 6.07) is 7.93. The Morgan fingerprint density at radius 2 is 1.92 bits per heavy atom. The second kappa shape index (κ2) is 4.54. The summed E-state index contributed by atoms with van der Waals surface area (Å²) in [4.78, 5) is 4.27. The van der Waals surface area contributed by atoms with E-state index in [1.54, 1.807) is 17.1 Å². The third-order valence-corrected chi connectivity index (χ3v) is 4.99. The Morgan fingerprint density at radius 1 is 1.04 bits per heavy atom. The third kappa shape index (κ3) is 1.69. The zero-order valence-electron chi connectivity index (χ0n) is 12.9. The fraction of sp³-hybridized carbons (Fsp3) is 0.188. The van der Waals surface area contributed by atoms with Crippen LogP contribution in [0.3, 0.4) is 0 Å². The first-order valence-electron chi connectivity index (χ1n) is 8.02. The van der Waals surface area contributed by atoms with Gasteiger partial charge in [-0.1, -0.05) is 17.3 Å². The third-order valence-electron chi connectivity index (χ3n) is 4.72. The molecule has 0 N–H and O–H groups in total. The summed E-state index contributed by atoms with van der Waals surface area (Å²) in [6.45, 7) is 0. The monoisotopic (exact) mass is 350 g/mol. The second-order valence-electron chi connectivity index (χ2n) is 6.24. The highest BCUT2D eigenvalue weighted by Gasteiger charge is 2.30. The average Bonchev–Trinajstić information content (AvgIpc) is 3.05. The van der Waals surface area contributed by atoms with Crippen LogP contribution in [0.5, 0.6) is 0 Å². The lowest BCUT2D eigenvalue weighted by atomic mass is 10.2. The van der Waals surface area contributed by atoms with Crippen molar-refractivity contribution < 1.29 is 0 Å². The van der Waals surface area contributed by atoms with Crippen LogP contribution in [0.1, 0.15) is 24.5 Å². The minimum absolute atomic E-state index is 0.397. The van der Waals surface area contributed by atoms with Gasteiger partial charge in [-0.2, -0.15) is 4.68 Å². The number of imidazole rings is 1. The fourth-order valence-corrected chi connectivity index (χ4v) is 3.64. The number of hydrogen-bond donors (Lipinski definition) is 0. The van der Waals surface area contributed by atoms with Crippen LogP contribution in [0.2, 0.25) is 5.28 Å². The van der Waals surface area contributed by atoms with Crippen LogP contribution >= 0.6 is 11.6 Å². The molecule has 9 heteroatoms. The van der Waals surface area contributed by atoms with Crippen molar-refractivity contribution in [3.05, 3.63) is 47.6 Å². The Kier molecular flexibility index (Phi) is 2.42. The lowest BCUT2D eigenvalue weighted by molar-refractivity contribution is 0.715. The number of para-hydroxylation sites is 1. The van der Waals surface area contributed by atoms with Crippen LogP contribution in [0.4, 0.5) is 0 Å². The minimum atomic E-state index is 0.397. The Balaban J connectivity index is 1.81. The lowest BCUT2D eigenvalue weighted by Crippen LogP contribution is -2.08. The molecule has 4 heterocycles. The van der Waals surface area contributed by atoms with Crippen molar-refractivity contribution in [3.63, 3.8) is 0 Å². The van der Waals surface area contributed by atoms with E-state index in [0.29, 0.717) is 17.1 Å². The summed E-state index contributed by atoms with van der Waals surface area (Å²) in [5.41, 5.74) is 3.53. The number of benzene rings is 1. The molecule has 0 amide bonds. The molecule has 0 atom stereocenters. The van der Waals surface area contributed by atoms with Crippen LogP contribution in [-0.2, 0) is 0 Å². The summed E-state index contributed by atoms with van der Waals surface area (Å²) >= 11 is 6.35. The smallest absolute Gasteiger partial charge is 0.259 e. The van der Waals surface area contributed by atoms with Crippen molar-refractivity contribution in [2.75, 3.05) is 0 Å². The van der Waals surface area contributed by atoms with Crippen LogP contribution in [0.15, 0.2) is 36.7 Å². The van der Waals surface area contributed by atoms with Crippen LogP contribution in [0.25, 0.3) is 28.1 Å². The number of halogens is 1. The minimum Gasteiger partial charge on any atom is -0.268 e. The molecule has 0 spiro atoms. The zero-order chi connectivity index (χ0) is 16.5. The molecule has 1 aliphatic rings. The van der Waals surface area contributed by atoms with E-state index in [1.165, 1.54) is 0 Å². The molecule has 5 aromatic rings. The summed E-state index contributed by atoms with van der Waals surface area (Å²) in [5, 5.41) is 18.5. The van der Waals surface area contributed by atoms with E-state index in [2.05, 4.69) is 25.5 Å². The fourth-order valence-electron chi connectivity index (χ4n) is 3.41. The Hall–Kier alpha value is -3.00. The molecule has 0 radical (unpaired) electrons. The van der Waals surface area contributed by atoms with Gasteiger partial charge in [0.2, 0.25) is 5.28 Å². The van der Waals surface area contributed by atoms with E-state index in [1.807, 2.05) is 33.1 Å². The molecule has 0 bridgehead atoms. The normalized spacial score (nSPS) is 14.9. The van der Waals surface area contributed by atoms with Crippen molar-refractivity contribution in [1.29, 1.82) is 0 Å². The lowest BCUT2D eigenvalue weighted by Gasteiger charge is -2.08. The van der Waals surface area contributed by atoms with Gasteiger partial charge in [-0.15, -0.1) is 15.3 Å². The molecule has 8 nitrogen and oxygen atoms in total. The molecule has 25 heavy (non-hydrogen) atoms. The molecule has 0 saturated heterocycles. The summed E-state index contributed by atoms with van der Waals surface area (Å²) in [5.74, 6) is 1.09. The molecular formula is C16H11ClN8. The van der Waals surface area contributed by atoms with Crippen molar-refractivity contribution in [2.24, 2.45) is 0 Å². The van der Waals surface area contributed by atoms with Crippen molar-refractivity contribution >= 4 is 33.8 Å². The first-order chi connectivity index (χ1) is 12.3. The molecular weight excluding hydrogens is 340 g/mol. The first-order valence-corrected chi connectivity index (χ1v) is 8.40. The maximum Gasteiger partial charge on any atom is 0.259 e. The van der Waals surface area contributed by atoms with Crippen LogP contribution in [-0.4, -0.2) is 39.0 Å². The molecule has 0 unspecified atom stereocenters. The van der Waals surface area contributed by atoms with E-state index < -0.39 is 0 Å². The van der Waals surface area contributed by atoms with Gasteiger partial charge in [0, 0.05) is 11.3 Å². The van der Waals surface area contributed by atoms with E-state index in [-0.39, 0.29) is 0 Å². The van der Waals surface area contributed by atoms with Gasteiger partial charge >= 0.3 is 0 Å². The predicted molar refractivity (Wildman–Crippen MR) is 91.1 cm³/mol. The molecule has 6 rings (SSSR count). The molecule has 1 aliphatic carbocycles. The first kappa shape index (κ1) is 13.3. The van der Waals surface area contributed by atoms with Gasteiger partial charge in [0.05, 0.1) is 23.6 Å². The van der Waals surface area contributed by atoms with Crippen molar-refractivity contribution in [2.45, 2.75) is 18.8 Å². The second-order valence-corrected chi connectivity index (χ2v) is 6.58. The molecule has 1 aromatic carbocycles. The topological polar surface area (TPSA) is 78.2 Å². The molecule has 122 valence electrons. The van der Waals surface area contributed by atoms with Gasteiger partial charge in [-0.3, -0.25) is 4.40 Å². The quantitative estimate of drug-likeness (QED) is 0.489. The number of fused-ring (bicyclic) bond motifs is 6. The van der Waals surface area contributed by atoms with E-state index in [4.69, 9.17) is 11.6 Å². The molecule has 0 aliphatic heterocycles. The van der Waals surface area contributed by atoms with Gasteiger partial charge in [-0.05, 0) is 36.6 Å². The maximum atomic E-state index is 6.35. The number of rotatable bonds is 2. The predicted octanol–water partition coefficient (Wildman–Crippen LogP) is 2.64. The average molecular weight is 351 g/mol. The molecule has 4 aromatic heterocycles.